The molecule has 328 valence electrons. The zero-order chi connectivity index (χ0) is 45.3. The Balaban J connectivity index is 1.39. The summed E-state index contributed by atoms with van der Waals surface area (Å²) >= 11 is 3.55. The minimum absolute atomic E-state index is 0.0829. The summed E-state index contributed by atoms with van der Waals surface area (Å²) < 4.78 is 27.4. The molecule has 0 radical (unpaired) electrons. The Kier molecular flexibility index (Phi) is 13.5. The van der Waals surface area contributed by atoms with Crippen LogP contribution in [0.15, 0.2) is 77.3 Å². The normalized spacial score (nSPS) is 11.9. The van der Waals surface area contributed by atoms with Crippen molar-refractivity contribution in [3.8, 4) is 11.1 Å². The van der Waals surface area contributed by atoms with Crippen molar-refractivity contribution in [2.24, 2.45) is 14.1 Å². The van der Waals surface area contributed by atoms with Gasteiger partial charge in [0.1, 0.15) is 11.2 Å². The molecular formula is C49H57BrN4O8. The fraction of sp³-hybridized carbons (Fsp3) is 0.388. The second-order valence-electron chi connectivity index (χ2n) is 17.3. The lowest BCUT2D eigenvalue weighted by Gasteiger charge is -2.28. The van der Waals surface area contributed by atoms with Crippen LogP contribution >= 0.6 is 15.9 Å². The van der Waals surface area contributed by atoms with Gasteiger partial charge in [0.05, 0.1) is 48.8 Å². The Morgan fingerprint density at radius 1 is 0.581 bits per heavy atom. The van der Waals surface area contributed by atoms with Crippen molar-refractivity contribution in [3.63, 3.8) is 0 Å². The predicted octanol–water partition coefficient (Wildman–Crippen LogP) is 11.3. The number of fused-ring (bicyclic) bond motifs is 3. The molecule has 13 heteroatoms. The number of ether oxygens (including phenoxy) is 4. The summed E-state index contributed by atoms with van der Waals surface area (Å²) in [7, 11) is 3.77. The van der Waals surface area contributed by atoms with Gasteiger partial charge in [-0.2, -0.15) is 0 Å². The molecule has 0 aliphatic carbocycles. The van der Waals surface area contributed by atoms with Crippen LogP contribution in [0.25, 0.3) is 43.7 Å². The molecule has 6 rings (SSSR count). The van der Waals surface area contributed by atoms with Crippen LogP contribution in [0.4, 0.5) is 9.59 Å². The van der Waals surface area contributed by atoms with Gasteiger partial charge in [-0.15, -0.1) is 0 Å². The van der Waals surface area contributed by atoms with Gasteiger partial charge in [-0.05, 0) is 132 Å². The summed E-state index contributed by atoms with van der Waals surface area (Å²) in [5, 5.41) is 3.38. The van der Waals surface area contributed by atoms with E-state index < -0.39 is 35.3 Å². The highest BCUT2D eigenvalue weighted by atomic mass is 79.9. The third-order valence-electron chi connectivity index (χ3n) is 10.5. The van der Waals surface area contributed by atoms with Crippen molar-refractivity contribution in [1.82, 2.24) is 18.9 Å². The average Bonchev–Trinajstić information content (AvgIpc) is 3.62. The van der Waals surface area contributed by atoms with E-state index in [-0.39, 0.29) is 32.8 Å². The summed E-state index contributed by atoms with van der Waals surface area (Å²) in [5.41, 5.74) is 4.96. The molecule has 0 saturated carbocycles. The van der Waals surface area contributed by atoms with Crippen molar-refractivity contribution in [2.75, 3.05) is 19.8 Å². The van der Waals surface area contributed by atoms with Gasteiger partial charge < -0.3 is 33.0 Å². The van der Waals surface area contributed by atoms with Gasteiger partial charge >= 0.3 is 24.1 Å². The van der Waals surface area contributed by atoms with Crippen LogP contribution in [0.5, 0.6) is 0 Å². The minimum Gasteiger partial charge on any atom is -0.462 e. The van der Waals surface area contributed by atoms with E-state index in [0.29, 0.717) is 34.4 Å². The van der Waals surface area contributed by atoms with Crippen LogP contribution < -0.4 is 0 Å². The number of carbonyl (C=O) groups excluding carboxylic acids is 4. The van der Waals surface area contributed by atoms with Gasteiger partial charge in [0.15, 0.2) is 0 Å². The highest BCUT2D eigenvalue weighted by Crippen LogP contribution is 2.35. The number of carbonyl (C=O) groups is 4. The molecule has 2 aromatic heterocycles. The smallest absolute Gasteiger partial charge is 0.410 e. The van der Waals surface area contributed by atoms with E-state index in [1.165, 1.54) is 0 Å². The molecule has 12 nitrogen and oxygen atoms in total. The zero-order valence-electron chi connectivity index (χ0n) is 37.6. The van der Waals surface area contributed by atoms with E-state index in [0.717, 1.165) is 48.4 Å². The third kappa shape index (κ3) is 9.94. The van der Waals surface area contributed by atoms with Crippen molar-refractivity contribution in [2.45, 2.75) is 93.2 Å². The van der Waals surface area contributed by atoms with Gasteiger partial charge in [-0.1, -0.05) is 46.3 Å². The fourth-order valence-corrected chi connectivity index (χ4v) is 8.04. The van der Waals surface area contributed by atoms with Crippen LogP contribution in [0.3, 0.4) is 0 Å². The number of aromatic nitrogens is 2. The highest BCUT2D eigenvalue weighted by Gasteiger charge is 2.30. The lowest BCUT2D eigenvalue weighted by atomic mass is 9.98. The molecule has 0 atom stereocenters. The van der Waals surface area contributed by atoms with Gasteiger partial charge in [0, 0.05) is 53.5 Å². The lowest BCUT2D eigenvalue weighted by Crippen LogP contribution is -2.37. The van der Waals surface area contributed by atoms with Gasteiger partial charge in [-0.25, -0.2) is 19.2 Å². The summed E-state index contributed by atoms with van der Waals surface area (Å²) in [6, 6.07) is 24.0. The Hall–Kier alpha value is -5.82. The molecule has 2 amide bonds. The molecule has 0 bridgehead atoms. The minimum atomic E-state index is -0.761. The Morgan fingerprint density at radius 3 is 1.61 bits per heavy atom. The first-order chi connectivity index (χ1) is 29.2. The van der Waals surface area contributed by atoms with E-state index in [2.05, 4.69) is 28.1 Å². The number of benzene rings is 4. The molecule has 0 fully saturated rings. The predicted molar refractivity (Wildman–Crippen MR) is 246 cm³/mol. The number of aryl methyl sites for hydroxylation is 2. The van der Waals surface area contributed by atoms with E-state index >= 15 is 0 Å². The molecule has 0 aliphatic rings. The number of esters is 2. The zero-order valence-corrected chi connectivity index (χ0v) is 39.2. The first kappa shape index (κ1) is 45.7. The van der Waals surface area contributed by atoms with E-state index in [9.17, 15) is 19.2 Å². The van der Waals surface area contributed by atoms with Crippen molar-refractivity contribution in [3.05, 3.63) is 105 Å². The Morgan fingerprint density at radius 2 is 1.06 bits per heavy atom. The van der Waals surface area contributed by atoms with Gasteiger partial charge in [0.2, 0.25) is 0 Å². The Bertz CT molecular complexity index is 2680. The molecule has 4 aromatic carbocycles. The monoisotopic (exact) mass is 908 g/mol. The van der Waals surface area contributed by atoms with Crippen LogP contribution in [0.1, 0.15) is 100.0 Å². The second kappa shape index (κ2) is 18.3. The number of rotatable bonds is 12. The Labute approximate surface area is 371 Å². The molecule has 6 aromatic rings. The quantitative estimate of drug-likeness (QED) is 0.0879. The molecule has 2 heterocycles. The first-order valence-corrected chi connectivity index (χ1v) is 21.7. The summed E-state index contributed by atoms with van der Waals surface area (Å²) in [4.78, 5) is 57.5. The second-order valence-corrected chi connectivity index (χ2v) is 18.2. The largest absolute Gasteiger partial charge is 0.462 e. The number of nitrogens with zero attached hydrogens (tertiary/aromatic N) is 4. The summed E-state index contributed by atoms with van der Waals surface area (Å²) in [6.45, 7) is 17.6. The molecule has 0 saturated heterocycles. The number of halogens is 1. The standard InChI is InChI=1S/C49H57BrN4O8/c1-12-53(46(57)61-48(4,5)6)28-40-42(44(55)59-13-2)36-25-33(19-21-38(36)51(40)10)32-18-17-31-16-15-30(23-34(31)24-32)27-54(47(58)62-49(7,8)9)29-41-43(45(56)60-14-3)37-26-35(50)20-22-39(37)52(41)11/h15-26H,12-14,27-29H2,1-11H3. The third-order valence-corrected chi connectivity index (χ3v) is 11.0. The van der Waals surface area contributed by atoms with E-state index in [1.807, 2.05) is 132 Å². The molecule has 0 N–H and O–H groups in total. The molecule has 0 unspecified atom stereocenters. The summed E-state index contributed by atoms with van der Waals surface area (Å²) in [6.07, 6.45) is -0.984. The van der Waals surface area contributed by atoms with Gasteiger partial charge in [-0.3, -0.25) is 4.90 Å². The SMILES string of the molecule is CCOC(=O)c1c(CN(CC)C(=O)OC(C)(C)C)n(C)c2ccc(-c3ccc4ccc(CN(Cc5c(C(=O)OCC)c6cc(Br)ccc6n5C)C(=O)OC(C)(C)C)cc4c3)cc12. The number of amides is 2. The van der Waals surface area contributed by atoms with Crippen molar-refractivity contribution < 1.29 is 38.1 Å². The van der Waals surface area contributed by atoms with Crippen LogP contribution in [-0.2, 0) is 52.7 Å². The van der Waals surface area contributed by atoms with Crippen molar-refractivity contribution >= 4 is 72.6 Å². The topological polar surface area (TPSA) is 122 Å². The van der Waals surface area contributed by atoms with E-state index in [4.69, 9.17) is 18.9 Å². The molecule has 0 spiro atoms. The summed E-state index contributed by atoms with van der Waals surface area (Å²) in [5.74, 6) is -0.925. The first-order valence-electron chi connectivity index (χ1n) is 20.9. The van der Waals surface area contributed by atoms with Crippen molar-refractivity contribution in [1.29, 1.82) is 0 Å². The molecule has 0 aliphatic heterocycles. The fourth-order valence-electron chi connectivity index (χ4n) is 7.68. The highest BCUT2D eigenvalue weighted by molar-refractivity contribution is 9.10. The average molecular weight is 910 g/mol. The molecule has 62 heavy (non-hydrogen) atoms. The maximum absolute atomic E-state index is 14.0. The van der Waals surface area contributed by atoms with Crippen LogP contribution in [0, 0.1) is 0 Å². The molecular weight excluding hydrogens is 852 g/mol. The number of hydrogen-bond donors (Lipinski definition) is 0. The van der Waals surface area contributed by atoms with Gasteiger partial charge in [0.25, 0.3) is 0 Å². The maximum Gasteiger partial charge on any atom is 0.410 e. The number of hydrogen-bond acceptors (Lipinski definition) is 8. The maximum atomic E-state index is 14.0. The van der Waals surface area contributed by atoms with Crippen LogP contribution in [-0.4, -0.2) is 74.0 Å². The van der Waals surface area contributed by atoms with E-state index in [1.54, 1.807) is 23.6 Å². The van der Waals surface area contributed by atoms with Crippen LogP contribution in [0.2, 0.25) is 0 Å². The lowest BCUT2D eigenvalue weighted by molar-refractivity contribution is 0.0207.